The van der Waals surface area contributed by atoms with Gasteiger partial charge in [0.2, 0.25) is 0 Å². The van der Waals surface area contributed by atoms with Gasteiger partial charge in [0.25, 0.3) is 0 Å². The number of nitrogens with zero attached hydrogens (tertiary/aromatic N) is 5. The molecule has 0 spiro atoms. The molecule has 0 saturated heterocycles. The van der Waals surface area contributed by atoms with Crippen LogP contribution in [-0.2, 0) is 6.54 Å². The summed E-state index contributed by atoms with van der Waals surface area (Å²) in [5, 5.41) is 25.8. The van der Waals surface area contributed by atoms with Crippen molar-refractivity contribution in [3.8, 4) is 0 Å². The second kappa shape index (κ2) is 7.05. The van der Waals surface area contributed by atoms with Gasteiger partial charge in [0.15, 0.2) is 0 Å². The van der Waals surface area contributed by atoms with Gasteiger partial charge >= 0.3 is 11.8 Å². The Bertz CT molecular complexity index is 824. The van der Waals surface area contributed by atoms with Crippen LogP contribution in [0.25, 0.3) is 0 Å². The Balaban J connectivity index is 1.87. The number of rotatable bonds is 4. The first-order valence-corrected chi connectivity index (χ1v) is 7.47. The number of carboxylic acids is 1. The highest BCUT2D eigenvalue weighted by Gasteiger charge is 2.30. The van der Waals surface area contributed by atoms with E-state index in [-0.39, 0.29) is 17.9 Å². The average molecular weight is 341 g/mol. The van der Waals surface area contributed by atoms with Crippen molar-refractivity contribution in [1.82, 2.24) is 9.88 Å². The molecular formula is C16H15N5O4. The summed E-state index contributed by atoms with van der Waals surface area (Å²) >= 11 is 0. The first-order chi connectivity index (χ1) is 12.0. The number of anilines is 1. The molecule has 9 heteroatoms. The molecule has 0 radical (unpaired) electrons. The van der Waals surface area contributed by atoms with Crippen LogP contribution in [0.2, 0.25) is 0 Å². The van der Waals surface area contributed by atoms with Gasteiger partial charge in [-0.3, -0.25) is 9.88 Å². The molecule has 0 unspecified atom stereocenters. The van der Waals surface area contributed by atoms with Crippen LogP contribution in [0, 0.1) is 10.1 Å². The normalized spacial score (nSPS) is 14.9. The summed E-state index contributed by atoms with van der Waals surface area (Å²) in [6.45, 7) is 0.863. The van der Waals surface area contributed by atoms with Crippen molar-refractivity contribution in [2.45, 2.75) is 6.54 Å². The van der Waals surface area contributed by atoms with E-state index in [1.54, 1.807) is 30.6 Å². The number of hydrogen-bond acceptors (Lipinski definition) is 7. The minimum Gasteiger partial charge on any atom is -0.478 e. The standard InChI is InChI=1S/C16H15N5O4/c22-16(23)13-4-1-5-14(7-13)20-11-19(10-15(18-20)21(24)25)9-12-3-2-6-17-8-12/h1-8H,9-11H2,(H,22,23). The molecule has 1 aliphatic rings. The topological polar surface area (TPSA) is 112 Å². The number of aromatic nitrogens is 1. The summed E-state index contributed by atoms with van der Waals surface area (Å²) in [6.07, 6.45) is 3.36. The van der Waals surface area contributed by atoms with Crippen molar-refractivity contribution in [1.29, 1.82) is 0 Å². The molecule has 0 saturated carbocycles. The van der Waals surface area contributed by atoms with E-state index in [0.717, 1.165) is 5.56 Å². The Kier molecular flexibility index (Phi) is 4.66. The van der Waals surface area contributed by atoms with Crippen LogP contribution in [0.3, 0.4) is 0 Å². The van der Waals surface area contributed by atoms with Crippen LogP contribution in [0.4, 0.5) is 5.69 Å². The van der Waals surface area contributed by atoms with Crippen molar-refractivity contribution in [3.63, 3.8) is 0 Å². The molecule has 0 aliphatic carbocycles. The highest BCUT2D eigenvalue weighted by atomic mass is 16.6. The number of pyridine rings is 1. The van der Waals surface area contributed by atoms with Gasteiger partial charge in [0.1, 0.15) is 13.2 Å². The zero-order chi connectivity index (χ0) is 17.8. The SMILES string of the molecule is O=C(O)c1cccc(N2CN(Cc3cccnc3)CC([N+](=O)[O-])=N2)c1. The first-order valence-electron chi connectivity index (χ1n) is 7.47. The first kappa shape index (κ1) is 16.5. The molecule has 1 aromatic heterocycles. The fraction of sp³-hybridized carbons (Fsp3) is 0.188. The van der Waals surface area contributed by atoms with Gasteiger partial charge in [-0.1, -0.05) is 12.1 Å². The van der Waals surface area contributed by atoms with Crippen LogP contribution in [0.15, 0.2) is 53.9 Å². The molecule has 0 atom stereocenters. The number of amidine groups is 1. The summed E-state index contributed by atoms with van der Waals surface area (Å²) < 4.78 is 0. The van der Waals surface area contributed by atoms with E-state index in [0.29, 0.717) is 18.9 Å². The van der Waals surface area contributed by atoms with Gasteiger partial charge < -0.3 is 15.2 Å². The summed E-state index contributed by atoms with van der Waals surface area (Å²) in [7, 11) is 0. The van der Waals surface area contributed by atoms with Gasteiger partial charge in [-0.15, -0.1) is 0 Å². The van der Waals surface area contributed by atoms with Crippen LogP contribution in [-0.4, -0.2) is 44.9 Å². The lowest BCUT2D eigenvalue weighted by Crippen LogP contribution is -2.45. The van der Waals surface area contributed by atoms with Gasteiger partial charge in [-0.25, -0.2) is 4.79 Å². The van der Waals surface area contributed by atoms with Crippen LogP contribution in [0.1, 0.15) is 15.9 Å². The van der Waals surface area contributed by atoms with Crippen molar-refractivity contribution in [2.75, 3.05) is 18.2 Å². The molecule has 0 fully saturated rings. The number of nitro groups is 1. The Morgan fingerprint density at radius 1 is 1.32 bits per heavy atom. The number of hydrazone groups is 1. The van der Waals surface area contributed by atoms with Crippen molar-refractivity contribution in [3.05, 3.63) is 70.0 Å². The van der Waals surface area contributed by atoms with Crippen LogP contribution < -0.4 is 5.01 Å². The molecule has 128 valence electrons. The summed E-state index contributed by atoms with van der Waals surface area (Å²) in [6, 6.07) is 9.84. The Morgan fingerprint density at radius 2 is 2.16 bits per heavy atom. The maximum atomic E-state index is 11.2. The third kappa shape index (κ3) is 3.96. The summed E-state index contributed by atoms with van der Waals surface area (Å²) in [5.41, 5.74) is 1.50. The van der Waals surface area contributed by atoms with Gasteiger partial charge in [0.05, 0.1) is 16.4 Å². The third-order valence-corrected chi connectivity index (χ3v) is 3.67. The molecule has 1 aromatic carbocycles. The monoisotopic (exact) mass is 341 g/mol. The lowest BCUT2D eigenvalue weighted by molar-refractivity contribution is -0.354. The Labute approximate surface area is 143 Å². The van der Waals surface area contributed by atoms with Crippen molar-refractivity contribution < 1.29 is 14.8 Å². The average Bonchev–Trinajstić information content (AvgIpc) is 2.62. The van der Waals surface area contributed by atoms with E-state index in [1.807, 2.05) is 11.0 Å². The molecular weight excluding hydrogens is 326 g/mol. The molecule has 0 bridgehead atoms. The number of aromatic carboxylic acids is 1. The molecule has 9 nitrogen and oxygen atoms in total. The molecule has 0 amide bonds. The van der Waals surface area contributed by atoms with E-state index >= 15 is 0 Å². The number of carboxylic acid groups (broad SMARTS) is 1. The van der Waals surface area contributed by atoms with Crippen molar-refractivity contribution >= 4 is 17.5 Å². The quantitative estimate of drug-likeness (QED) is 0.664. The fourth-order valence-electron chi connectivity index (χ4n) is 2.53. The van der Waals surface area contributed by atoms with E-state index in [9.17, 15) is 14.9 Å². The second-order valence-corrected chi connectivity index (χ2v) is 5.52. The summed E-state index contributed by atoms with van der Waals surface area (Å²) in [5.74, 6) is -1.26. The largest absolute Gasteiger partial charge is 0.478 e. The lowest BCUT2D eigenvalue weighted by Gasteiger charge is -2.28. The van der Waals surface area contributed by atoms with E-state index < -0.39 is 10.9 Å². The molecule has 1 N–H and O–H groups in total. The highest BCUT2D eigenvalue weighted by molar-refractivity contribution is 5.89. The number of carbonyl (C=O) groups is 1. The van der Waals surface area contributed by atoms with Gasteiger partial charge in [-0.2, -0.15) is 5.01 Å². The number of benzene rings is 1. The zero-order valence-electron chi connectivity index (χ0n) is 13.1. The van der Waals surface area contributed by atoms with Gasteiger partial charge in [0, 0.05) is 18.9 Å². The Hall–Kier alpha value is -3.33. The fourth-order valence-corrected chi connectivity index (χ4v) is 2.53. The van der Waals surface area contributed by atoms with Crippen molar-refractivity contribution in [2.24, 2.45) is 5.10 Å². The minimum absolute atomic E-state index is 0.0943. The van der Waals surface area contributed by atoms with Crippen LogP contribution in [0.5, 0.6) is 0 Å². The van der Waals surface area contributed by atoms with Gasteiger partial charge in [-0.05, 0) is 34.8 Å². The van der Waals surface area contributed by atoms with E-state index in [2.05, 4.69) is 10.1 Å². The molecule has 2 aromatic rings. The van der Waals surface area contributed by atoms with Crippen LogP contribution >= 0.6 is 0 Å². The molecule has 25 heavy (non-hydrogen) atoms. The smallest absolute Gasteiger partial charge is 0.378 e. The Morgan fingerprint density at radius 3 is 2.84 bits per heavy atom. The summed E-state index contributed by atoms with van der Waals surface area (Å²) in [4.78, 5) is 27.7. The maximum absolute atomic E-state index is 11.2. The minimum atomic E-state index is -1.07. The van der Waals surface area contributed by atoms with E-state index in [1.165, 1.54) is 17.1 Å². The predicted octanol–water partition coefficient (Wildman–Crippen LogP) is 1.65. The second-order valence-electron chi connectivity index (χ2n) is 5.52. The maximum Gasteiger partial charge on any atom is 0.378 e. The van der Waals surface area contributed by atoms with E-state index in [4.69, 9.17) is 5.11 Å². The highest BCUT2D eigenvalue weighted by Crippen LogP contribution is 2.20. The zero-order valence-corrected chi connectivity index (χ0v) is 13.1. The molecule has 1 aliphatic heterocycles. The molecule has 3 rings (SSSR count). The lowest BCUT2D eigenvalue weighted by atomic mass is 10.2. The third-order valence-electron chi connectivity index (χ3n) is 3.67. The predicted molar refractivity (Wildman–Crippen MR) is 89.8 cm³/mol. The number of hydrogen-bond donors (Lipinski definition) is 1. The molecule has 2 heterocycles.